The largest absolute Gasteiger partial charge is 0.484 e. The van der Waals surface area contributed by atoms with Crippen molar-refractivity contribution >= 4 is 21.6 Å². The molecule has 0 aliphatic heterocycles. The van der Waals surface area contributed by atoms with Gasteiger partial charge in [0.05, 0.1) is 6.26 Å². The van der Waals surface area contributed by atoms with Crippen LogP contribution in [0.4, 0.5) is 10.1 Å². The van der Waals surface area contributed by atoms with Crippen molar-refractivity contribution in [2.45, 2.75) is 32.6 Å². The summed E-state index contributed by atoms with van der Waals surface area (Å²) in [6, 6.07) is 11.5. The van der Waals surface area contributed by atoms with E-state index >= 15 is 0 Å². The summed E-state index contributed by atoms with van der Waals surface area (Å²) in [5.41, 5.74) is 1.72. The summed E-state index contributed by atoms with van der Waals surface area (Å²) in [6.07, 6.45) is 1.67. The Morgan fingerprint density at radius 1 is 1.10 bits per heavy atom. The van der Waals surface area contributed by atoms with Gasteiger partial charge in [0, 0.05) is 18.3 Å². The number of nitrogens with one attached hydrogen (secondary N) is 2. The first-order chi connectivity index (χ1) is 13.4. The first-order valence-electron chi connectivity index (χ1n) is 9.20. The van der Waals surface area contributed by atoms with E-state index in [9.17, 15) is 17.6 Å². The fourth-order valence-corrected chi connectivity index (χ4v) is 3.26. The Kier molecular flexibility index (Phi) is 7.24. The van der Waals surface area contributed by atoms with Crippen molar-refractivity contribution in [2.24, 2.45) is 0 Å². The van der Waals surface area contributed by atoms with Gasteiger partial charge in [-0.25, -0.2) is 12.8 Å². The van der Waals surface area contributed by atoms with Crippen LogP contribution in [0.2, 0.25) is 0 Å². The van der Waals surface area contributed by atoms with Crippen LogP contribution in [0.3, 0.4) is 0 Å². The second-order valence-electron chi connectivity index (χ2n) is 7.85. The fraction of sp³-hybridized carbons (Fsp3) is 0.381. The molecule has 29 heavy (non-hydrogen) atoms. The molecule has 0 saturated heterocycles. The molecule has 2 rings (SSSR count). The first kappa shape index (κ1) is 22.7. The molecule has 6 nitrogen and oxygen atoms in total. The van der Waals surface area contributed by atoms with Gasteiger partial charge in [-0.15, -0.1) is 0 Å². The topological polar surface area (TPSA) is 84.5 Å². The summed E-state index contributed by atoms with van der Waals surface area (Å²) in [6.45, 7) is 5.98. The first-order valence-corrected chi connectivity index (χ1v) is 11.1. The standard InChI is InChI=1S/C21H27FN2O4S/c1-21(2,3)18-10-9-17(13-19(18)22)28-14-20(25)23-12-11-15-5-7-16(8-6-15)24-29(4,26)27/h5-10,13,24H,11-12,14H2,1-4H3,(H,23,25). The van der Waals surface area contributed by atoms with Crippen molar-refractivity contribution in [3.05, 3.63) is 59.4 Å². The van der Waals surface area contributed by atoms with E-state index in [4.69, 9.17) is 4.74 Å². The summed E-state index contributed by atoms with van der Waals surface area (Å²) < 4.78 is 44.3. The molecule has 0 bridgehead atoms. The maximum Gasteiger partial charge on any atom is 0.257 e. The normalized spacial score (nSPS) is 11.8. The number of hydrogen-bond donors (Lipinski definition) is 2. The van der Waals surface area contributed by atoms with Gasteiger partial charge in [-0.3, -0.25) is 9.52 Å². The van der Waals surface area contributed by atoms with Gasteiger partial charge in [0.1, 0.15) is 11.6 Å². The molecule has 0 unspecified atom stereocenters. The van der Waals surface area contributed by atoms with Gasteiger partial charge in [0.2, 0.25) is 10.0 Å². The van der Waals surface area contributed by atoms with E-state index in [1.54, 1.807) is 36.4 Å². The quantitative estimate of drug-likeness (QED) is 0.684. The van der Waals surface area contributed by atoms with Crippen LogP contribution in [0.15, 0.2) is 42.5 Å². The van der Waals surface area contributed by atoms with Gasteiger partial charge >= 0.3 is 0 Å². The van der Waals surface area contributed by atoms with Gasteiger partial charge in [0.15, 0.2) is 6.61 Å². The van der Waals surface area contributed by atoms with Crippen molar-refractivity contribution in [1.82, 2.24) is 5.32 Å². The third-order valence-electron chi connectivity index (χ3n) is 4.11. The van der Waals surface area contributed by atoms with Crippen molar-refractivity contribution in [1.29, 1.82) is 0 Å². The molecule has 2 aromatic carbocycles. The van der Waals surface area contributed by atoms with Gasteiger partial charge in [-0.2, -0.15) is 0 Å². The third kappa shape index (κ3) is 7.73. The average Bonchev–Trinajstić information content (AvgIpc) is 2.59. The predicted octanol–water partition coefficient (Wildman–Crippen LogP) is 3.23. The minimum absolute atomic E-state index is 0.203. The number of anilines is 1. The second kappa shape index (κ2) is 9.26. The summed E-state index contributed by atoms with van der Waals surface area (Å²) in [5, 5.41) is 2.74. The molecule has 0 saturated carbocycles. The maximum absolute atomic E-state index is 14.2. The van der Waals surface area contributed by atoms with Crippen LogP contribution in [0.5, 0.6) is 5.75 Å². The number of amides is 1. The zero-order valence-corrected chi connectivity index (χ0v) is 17.9. The van der Waals surface area contributed by atoms with E-state index < -0.39 is 10.0 Å². The molecule has 0 fully saturated rings. The number of hydrogen-bond acceptors (Lipinski definition) is 4. The number of benzene rings is 2. The molecule has 0 atom stereocenters. The molecule has 0 heterocycles. The highest BCUT2D eigenvalue weighted by molar-refractivity contribution is 7.92. The molecule has 2 N–H and O–H groups in total. The molecule has 0 radical (unpaired) electrons. The number of carbonyl (C=O) groups excluding carboxylic acids is 1. The second-order valence-corrected chi connectivity index (χ2v) is 9.60. The number of carbonyl (C=O) groups is 1. The van der Waals surface area contributed by atoms with Crippen LogP contribution in [0.1, 0.15) is 31.9 Å². The average molecular weight is 423 g/mol. The maximum atomic E-state index is 14.2. The number of halogens is 1. The van der Waals surface area contributed by atoms with E-state index in [1.165, 1.54) is 6.07 Å². The Balaban J connectivity index is 1.77. The molecule has 0 aromatic heterocycles. The molecule has 158 valence electrons. The van der Waals surface area contributed by atoms with Crippen LogP contribution in [-0.2, 0) is 26.7 Å². The molecule has 0 spiro atoms. The van der Waals surface area contributed by atoms with Gasteiger partial charge in [-0.05, 0) is 41.2 Å². The summed E-state index contributed by atoms with van der Waals surface area (Å²) >= 11 is 0. The van der Waals surface area contributed by atoms with Crippen molar-refractivity contribution in [3.63, 3.8) is 0 Å². The highest BCUT2D eigenvalue weighted by Gasteiger charge is 2.18. The predicted molar refractivity (Wildman–Crippen MR) is 112 cm³/mol. The lowest BCUT2D eigenvalue weighted by molar-refractivity contribution is -0.123. The zero-order valence-electron chi connectivity index (χ0n) is 17.1. The molecule has 0 aliphatic rings. The number of sulfonamides is 1. The smallest absolute Gasteiger partial charge is 0.257 e. The Morgan fingerprint density at radius 2 is 1.76 bits per heavy atom. The Morgan fingerprint density at radius 3 is 2.31 bits per heavy atom. The Bertz CT molecular complexity index is 952. The van der Waals surface area contributed by atoms with Gasteiger partial charge < -0.3 is 10.1 Å². The van der Waals surface area contributed by atoms with E-state index in [2.05, 4.69) is 10.0 Å². The highest BCUT2D eigenvalue weighted by atomic mass is 32.2. The molecular formula is C21H27FN2O4S. The zero-order chi connectivity index (χ0) is 21.7. The molecule has 2 aromatic rings. The number of rotatable bonds is 8. The van der Waals surface area contributed by atoms with E-state index in [1.807, 2.05) is 20.8 Å². The molecule has 1 amide bonds. The van der Waals surface area contributed by atoms with Gasteiger partial charge in [-0.1, -0.05) is 39.0 Å². The van der Waals surface area contributed by atoms with Crippen molar-refractivity contribution in [2.75, 3.05) is 24.1 Å². The minimum Gasteiger partial charge on any atom is -0.484 e. The van der Waals surface area contributed by atoms with E-state index in [-0.39, 0.29) is 23.7 Å². The Labute approximate surface area is 171 Å². The highest BCUT2D eigenvalue weighted by Crippen LogP contribution is 2.27. The van der Waals surface area contributed by atoms with Gasteiger partial charge in [0.25, 0.3) is 5.91 Å². The van der Waals surface area contributed by atoms with E-state index in [0.717, 1.165) is 11.8 Å². The molecule has 0 aliphatic carbocycles. The third-order valence-corrected chi connectivity index (χ3v) is 4.72. The van der Waals surface area contributed by atoms with Crippen LogP contribution in [0.25, 0.3) is 0 Å². The lowest BCUT2D eigenvalue weighted by Gasteiger charge is -2.20. The summed E-state index contributed by atoms with van der Waals surface area (Å²) in [4.78, 5) is 11.9. The van der Waals surface area contributed by atoms with Crippen LogP contribution in [-0.4, -0.2) is 33.7 Å². The van der Waals surface area contributed by atoms with Crippen molar-refractivity contribution in [3.8, 4) is 5.75 Å². The van der Waals surface area contributed by atoms with Crippen molar-refractivity contribution < 1.29 is 22.3 Å². The lowest BCUT2D eigenvalue weighted by Crippen LogP contribution is -2.30. The van der Waals surface area contributed by atoms with Crippen LogP contribution < -0.4 is 14.8 Å². The SMILES string of the molecule is CC(C)(C)c1ccc(OCC(=O)NCCc2ccc(NS(C)(=O)=O)cc2)cc1F. The van der Waals surface area contributed by atoms with E-state index in [0.29, 0.717) is 30.0 Å². The molecule has 8 heteroatoms. The Hall–Kier alpha value is -2.61. The lowest BCUT2D eigenvalue weighted by atomic mass is 9.87. The minimum atomic E-state index is -3.30. The van der Waals surface area contributed by atoms with Crippen LogP contribution in [0, 0.1) is 5.82 Å². The van der Waals surface area contributed by atoms with Crippen LogP contribution >= 0.6 is 0 Å². The molecular weight excluding hydrogens is 395 g/mol. The monoisotopic (exact) mass is 422 g/mol. The number of ether oxygens (including phenoxy) is 1. The summed E-state index contributed by atoms with van der Waals surface area (Å²) in [7, 11) is -3.30. The fourth-order valence-electron chi connectivity index (χ4n) is 2.69. The summed E-state index contributed by atoms with van der Waals surface area (Å²) in [5.74, 6) is -0.357.